The summed E-state index contributed by atoms with van der Waals surface area (Å²) in [5.74, 6) is 4.08. The molecule has 4 aliphatic rings. The van der Waals surface area contributed by atoms with Crippen LogP contribution in [0.25, 0.3) is 0 Å². The van der Waals surface area contributed by atoms with E-state index in [9.17, 15) is 4.79 Å². The van der Waals surface area contributed by atoms with E-state index in [1.165, 1.54) is 56.0 Å². The first-order chi connectivity index (χ1) is 14.6. The maximum atomic E-state index is 12.0. The van der Waals surface area contributed by atoms with Crippen molar-refractivity contribution in [1.82, 2.24) is 20.5 Å². The summed E-state index contributed by atoms with van der Waals surface area (Å²) < 4.78 is 5.20. The van der Waals surface area contributed by atoms with Gasteiger partial charge in [-0.3, -0.25) is 4.79 Å². The van der Waals surface area contributed by atoms with Crippen LogP contribution in [-0.4, -0.2) is 32.6 Å². The summed E-state index contributed by atoms with van der Waals surface area (Å²) in [5.41, 5.74) is 4.54. The van der Waals surface area contributed by atoms with E-state index in [-0.39, 0.29) is 17.1 Å². The Labute approximate surface area is 180 Å². The second-order valence-electron chi connectivity index (χ2n) is 9.12. The number of aromatic nitrogens is 3. The van der Waals surface area contributed by atoms with Crippen molar-refractivity contribution in [3.8, 4) is 0 Å². The van der Waals surface area contributed by atoms with E-state index in [0.717, 1.165) is 23.5 Å². The minimum atomic E-state index is -0.0913. The summed E-state index contributed by atoms with van der Waals surface area (Å²) >= 11 is 1.28. The highest BCUT2D eigenvalue weighted by atomic mass is 32.2. The lowest BCUT2D eigenvalue weighted by Gasteiger charge is -2.56. The van der Waals surface area contributed by atoms with Crippen LogP contribution in [0.15, 0.2) is 33.1 Å². The molecule has 0 radical (unpaired) electrons. The largest absolute Gasteiger partial charge is 0.467 e. The van der Waals surface area contributed by atoms with Crippen molar-refractivity contribution in [2.24, 2.45) is 28.3 Å². The van der Waals surface area contributed by atoms with Crippen molar-refractivity contribution >= 4 is 29.3 Å². The number of hydrogen-bond acceptors (Lipinski definition) is 7. The molecule has 0 spiro atoms. The van der Waals surface area contributed by atoms with E-state index in [2.05, 4.69) is 37.9 Å². The molecule has 4 bridgehead atoms. The Morgan fingerprint density at radius 3 is 2.70 bits per heavy atom. The molecule has 2 aromatic heterocycles. The molecule has 4 aliphatic carbocycles. The lowest BCUT2D eigenvalue weighted by Crippen LogP contribution is -2.49. The standard InChI is InChI=1S/C21H28N6O2S/c1-13(21-8-14-5-15(9-21)7-16(6-14)10-21)24-25-19-23-20(27-26-19)30-12-18(28)22-11-17-3-2-4-29-17/h2-4,14-16H,5-12H2,1H3,(H,22,28)(H2,23,25,26,27)/b24-13-. The number of H-pyrrole nitrogens is 1. The van der Waals surface area contributed by atoms with Gasteiger partial charge in [0.15, 0.2) is 0 Å². The number of furan rings is 1. The molecule has 4 saturated carbocycles. The van der Waals surface area contributed by atoms with Gasteiger partial charge < -0.3 is 9.73 Å². The van der Waals surface area contributed by atoms with Crippen LogP contribution in [0.2, 0.25) is 0 Å². The minimum Gasteiger partial charge on any atom is -0.467 e. The Morgan fingerprint density at radius 1 is 1.30 bits per heavy atom. The average molecular weight is 429 g/mol. The van der Waals surface area contributed by atoms with Crippen LogP contribution in [0.3, 0.4) is 0 Å². The van der Waals surface area contributed by atoms with Gasteiger partial charge in [-0.2, -0.15) is 10.1 Å². The maximum Gasteiger partial charge on any atom is 0.240 e. The highest BCUT2D eigenvalue weighted by molar-refractivity contribution is 7.99. The van der Waals surface area contributed by atoms with Crippen molar-refractivity contribution in [2.45, 2.75) is 57.1 Å². The van der Waals surface area contributed by atoms with E-state index in [4.69, 9.17) is 4.42 Å². The number of carbonyl (C=O) groups excluding carboxylic acids is 1. The van der Waals surface area contributed by atoms with Gasteiger partial charge in [-0.05, 0) is 75.3 Å². The van der Waals surface area contributed by atoms with E-state index in [1.54, 1.807) is 12.3 Å². The summed E-state index contributed by atoms with van der Waals surface area (Å²) in [5, 5.41) is 15.0. The van der Waals surface area contributed by atoms with Crippen LogP contribution < -0.4 is 10.7 Å². The first-order valence-electron chi connectivity index (χ1n) is 10.7. The fraction of sp³-hybridized carbons (Fsp3) is 0.619. The summed E-state index contributed by atoms with van der Waals surface area (Å²) in [4.78, 5) is 16.4. The van der Waals surface area contributed by atoms with E-state index < -0.39 is 0 Å². The van der Waals surface area contributed by atoms with E-state index >= 15 is 0 Å². The third-order valence-corrected chi connectivity index (χ3v) is 7.82. The van der Waals surface area contributed by atoms with Crippen molar-refractivity contribution in [3.63, 3.8) is 0 Å². The molecule has 8 nitrogen and oxygen atoms in total. The van der Waals surface area contributed by atoms with Crippen LogP contribution in [0.4, 0.5) is 5.95 Å². The van der Waals surface area contributed by atoms with Gasteiger partial charge in [0.25, 0.3) is 0 Å². The SMILES string of the molecule is C/C(=N/Nc1nc(SCC(=O)NCc2ccco2)n[nH]1)C12CC3CC(CC(C3)C1)C2. The zero-order chi connectivity index (χ0) is 20.6. The van der Waals surface area contributed by atoms with Crippen LogP contribution in [0.1, 0.15) is 51.2 Å². The number of rotatable bonds is 8. The smallest absolute Gasteiger partial charge is 0.240 e. The Bertz CT molecular complexity index is 887. The normalized spacial score (nSPS) is 29.9. The van der Waals surface area contributed by atoms with Crippen LogP contribution in [0.5, 0.6) is 0 Å². The second-order valence-corrected chi connectivity index (χ2v) is 10.1. The number of hydrogen-bond donors (Lipinski definition) is 3. The molecule has 0 aliphatic heterocycles. The molecule has 4 fully saturated rings. The Morgan fingerprint density at radius 2 is 2.03 bits per heavy atom. The van der Waals surface area contributed by atoms with Crippen molar-refractivity contribution in [3.05, 3.63) is 24.2 Å². The number of carbonyl (C=O) groups is 1. The van der Waals surface area contributed by atoms with Crippen molar-refractivity contribution in [2.75, 3.05) is 11.2 Å². The first kappa shape index (κ1) is 19.7. The highest BCUT2D eigenvalue weighted by Crippen LogP contribution is 2.60. The Balaban J connectivity index is 1.12. The van der Waals surface area contributed by atoms with Crippen molar-refractivity contribution < 1.29 is 9.21 Å². The molecule has 30 heavy (non-hydrogen) atoms. The second kappa shape index (κ2) is 8.09. The van der Waals surface area contributed by atoms with Gasteiger partial charge in [0.2, 0.25) is 17.0 Å². The number of amides is 1. The van der Waals surface area contributed by atoms with Crippen LogP contribution in [0, 0.1) is 23.2 Å². The summed E-state index contributed by atoms with van der Waals surface area (Å²) in [6, 6.07) is 3.62. The highest BCUT2D eigenvalue weighted by Gasteiger charge is 2.52. The van der Waals surface area contributed by atoms with E-state index in [0.29, 0.717) is 17.6 Å². The van der Waals surface area contributed by atoms with Crippen LogP contribution in [-0.2, 0) is 11.3 Å². The third-order valence-electron chi connectivity index (χ3n) is 6.97. The lowest BCUT2D eigenvalue weighted by molar-refractivity contribution is -0.118. The fourth-order valence-corrected chi connectivity index (χ4v) is 6.58. The van der Waals surface area contributed by atoms with E-state index in [1.807, 2.05) is 6.07 Å². The number of anilines is 1. The predicted molar refractivity (Wildman–Crippen MR) is 115 cm³/mol. The number of hydrazone groups is 1. The Hall–Kier alpha value is -2.29. The predicted octanol–water partition coefficient (Wildman–Crippen LogP) is 3.81. The van der Waals surface area contributed by atoms with Gasteiger partial charge in [0, 0.05) is 11.1 Å². The first-order valence-corrected chi connectivity index (χ1v) is 11.7. The average Bonchev–Trinajstić information content (AvgIpc) is 3.40. The number of thioether (sulfide) groups is 1. The zero-order valence-electron chi connectivity index (χ0n) is 17.2. The van der Waals surface area contributed by atoms with Crippen molar-refractivity contribution in [1.29, 1.82) is 0 Å². The summed E-state index contributed by atoms with van der Waals surface area (Å²) in [7, 11) is 0. The number of nitrogens with zero attached hydrogens (tertiary/aromatic N) is 3. The molecule has 0 atom stereocenters. The Kier molecular flexibility index (Phi) is 5.30. The van der Waals surface area contributed by atoms with Gasteiger partial charge in [-0.25, -0.2) is 10.5 Å². The topological polar surface area (TPSA) is 108 Å². The molecule has 0 unspecified atom stereocenters. The lowest BCUT2D eigenvalue weighted by atomic mass is 9.48. The fourth-order valence-electron chi connectivity index (χ4n) is 5.95. The van der Waals surface area contributed by atoms with Gasteiger partial charge >= 0.3 is 0 Å². The van der Waals surface area contributed by atoms with Gasteiger partial charge in [0.1, 0.15) is 5.76 Å². The molecule has 1 amide bonds. The number of aromatic amines is 1. The van der Waals surface area contributed by atoms with Gasteiger partial charge in [0.05, 0.1) is 18.6 Å². The van der Waals surface area contributed by atoms with Gasteiger partial charge in [-0.15, -0.1) is 5.10 Å². The quantitative estimate of drug-likeness (QED) is 0.335. The molecule has 160 valence electrons. The molecule has 0 aromatic carbocycles. The third kappa shape index (κ3) is 4.12. The molecule has 9 heteroatoms. The molecular formula is C21H28N6O2S. The zero-order valence-corrected chi connectivity index (χ0v) is 18.0. The molecule has 2 heterocycles. The molecule has 6 rings (SSSR count). The molecular weight excluding hydrogens is 400 g/mol. The minimum absolute atomic E-state index is 0.0913. The number of nitrogens with one attached hydrogen (secondary N) is 3. The molecule has 2 aromatic rings. The maximum absolute atomic E-state index is 12.0. The summed E-state index contributed by atoms with van der Waals surface area (Å²) in [6.45, 7) is 2.54. The monoisotopic (exact) mass is 428 g/mol. The van der Waals surface area contributed by atoms with Gasteiger partial charge in [-0.1, -0.05) is 11.8 Å². The summed E-state index contributed by atoms with van der Waals surface area (Å²) in [6.07, 6.45) is 9.75. The van der Waals surface area contributed by atoms with Crippen LogP contribution >= 0.6 is 11.8 Å². The molecule has 3 N–H and O–H groups in total. The molecule has 0 saturated heterocycles.